The van der Waals surface area contributed by atoms with Crippen molar-refractivity contribution in [2.75, 3.05) is 0 Å². The number of aryl methyl sites for hydroxylation is 2. The smallest absolute Gasteiger partial charge is 0.352 e. The molecule has 0 saturated carbocycles. The monoisotopic (exact) mass is 231 g/mol. The van der Waals surface area contributed by atoms with Crippen LogP contribution in [0.15, 0.2) is 18.2 Å². The number of carboxylic acid groups (broad SMARTS) is 1. The summed E-state index contributed by atoms with van der Waals surface area (Å²) in [6.45, 7) is 6.07. The van der Waals surface area contributed by atoms with Crippen LogP contribution in [-0.2, 0) is 7.05 Å². The first kappa shape index (κ1) is 11.7. The van der Waals surface area contributed by atoms with E-state index in [4.69, 9.17) is 0 Å². The number of carboxylic acids is 1. The molecular formula is C14H17NO2. The highest BCUT2D eigenvalue weighted by molar-refractivity contribution is 5.99. The Kier molecular flexibility index (Phi) is 2.69. The molecule has 2 aromatic rings. The first-order chi connectivity index (χ1) is 7.95. The van der Waals surface area contributed by atoms with Gasteiger partial charge in [0.1, 0.15) is 5.69 Å². The predicted octanol–water partition coefficient (Wildman–Crippen LogP) is 3.31. The SMILES string of the molecule is Cc1cccc2c(C(C)C)c(C(=O)O)n(C)c12. The first-order valence-corrected chi connectivity index (χ1v) is 5.76. The van der Waals surface area contributed by atoms with Gasteiger partial charge < -0.3 is 9.67 Å². The Hall–Kier alpha value is -1.77. The van der Waals surface area contributed by atoms with Gasteiger partial charge in [-0.25, -0.2) is 4.79 Å². The number of carbonyl (C=O) groups is 1. The summed E-state index contributed by atoms with van der Waals surface area (Å²) in [5, 5.41) is 10.4. The molecule has 0 amide bonds. The molecular weight excluding hydrogens is 214 g/mol. The Balaban J connectivity index is 2.98. The minimum Gasteiger partial charge on any atom is -0.477 e. The van der Waals surface area contributed by atoms with E-state index in [0.29, 0.717) is 5.69 Å². The van der Waals surface area contributed by atoms with Gasteiger partial charge >= 0.3 is 5.97 Å². The number of benzene rings is 1. The van der Waals surface area contributed by atoms with E-state index in [1.165, 1.54) is 0 Å². The van der Waals surface area contributed by atoms with Gasteiger partial charge in [0.05, 0.1) is 5.52 Å². The van der Waals surface area contributed by atoms with Crippen LogP contribution in [0.1, 0.15) is 41.4 Å². The van der Waals surface area contributed by atoms with Gasteiger partial charge in [-0.05, 0) is 24.0 Å². The summed E-state index contributed by atoms with van der Waals surface area (Å²) < 4.78 is 1.79. The number of rotatable bonds is 2. The Labute approximate surface area is 101 Å². The summed E-state index contributed by atoms with van der Waals surface area (Å²) in [4.78, 5) is 11.4. The van der Waals surface area contributed by atoms with E-state index in [1.54, 1.807) is 4.57 Å². The predicted molar refractivity (Wildman–Crippen MR) is 68.7 cm³/mol. The zero-order chi connectivity index (χ0) is 12.7. The van der Waals surface area contributed by atoms with Gasteiger partial charge in [0, 0.05) is 12.4 Å². The standard InChI is InChI=1S/C14H17NO2/c1-8(2)11-10-7-5-6-9(3)12(10)15(4)13(11)14(16)17/h5-8H,1-4H3,(H,16,17). The van der Waals surface area contributed by atoms with Crippen molar-refractivity contribution in [3.63, 3.8) is 0 Å². The van der Waals surface area contributed by atoms with Gasteiger partial charge in [-0.15, -0.1) is 0 Å². The molecule has 0 unspecified atom stereocenters. The fourth-order valence-corrected chi connectivity index (χ4v) is 2.58. The number of hydrogen-bond acceptors (Lipinski definition) is 1. The van der Waals surface area contributed by atoms with Crippen molar-refractivity contribution >= 4 is 16.9 Å². The second-order valence-corrected chi connectivity index (χ2v) is 4.75. The summed E-state index contributed by atoms with van der Waals surface area (Å²) >= 11 is 0. The number of nitrogens with zero attached hydrogens (tertiary/aromatic N) is 1. The van der Waals surface area contributed by atoms with Crippen LogP contribution in [0.4, 0.5) is 0 Å². The molecule has 0 fully saturated rings. The zero-order valence-corrected chi connectivity index (χ0v) is 10.6. The lowest BCUT2D eigenvalue weighted by Crippen LogP contribution is -2.08. The van der Waals surface area contributed by atoms with E-state index in [2.05, 4.69) is 0 Å². The van der Waals surface area contributed by atoms with Crippen LogP contribution >= 0.6 is 0 Å². The number of aromatic carboxylic acids is 1. The molecule has 1 aromatic carbocycles. The molecule has 2 rings (SSSR count). The molecule has 17 heavy (non-hydrogen) atoms. The molecule has 3 heteroatoms. The normalized spacial score (nSPS) is 11.4. The van der Waals surface area contributed by atoms with E-state index in [1.807, 2.05) is 46.0 Å². The molecule has 0 saturated heterocycles. The lowest BCUT2D eigenvalue weighted by Gasteiger charge is -2.06. The Morgan fingerprint density at radius 1 is 1.35 bits per heavy atom. The number of fused-ring (bicyclic) bond motifs is 1. The molecule has 1 heterocycles. The van der Waals surface area contributed by atoms with Crippen LogP contribution in [0.25, 0.3) is 10.9 Å². The van der Waals surface area contributed by atoms with Crippen LogP contribution in [-0.4, -0.2) is 15.6 Å². The van der Waals surface area contributed by atoms with E-state index in [-0.39, 0.29) is 5.92 Å². The van der Waals surface area contributed by atoms with Crippen LogP contribution in [0.2, 0.25) is 0 Å². The molecule has 0 aliphatic carbocycles. The third kappa shape index (κ3) is 1.62. The summed E-state index contributed by atoms with van der Waals surface area (Å²) in [5.74, 6) is -0.654. The molecule has 0 bridgehead atoms. The second kappa shape index (κ2) is 3.91. The van der Waals surface area contributed by atoms with Crippen molar-refractivity contribution in [2.24, 2.45) is 7.05 Å². The Morgan fingerprint density at radius 2 is 2.00 bits per heavy atom. The first-order valence-electron chi connectivity index (χ1n) is 5.76. The van der Waals surface area contributed by atoms with Crippen molar-refractivity contribution in [2.45, 2.75) is 26.7 Å². The average Bonchev–Trinajstić information content (AvgIpc) is 2.53. The van der Waals surface area contributed by atoms with Gasteiger partial charge in [-0.2, -0.15) is 0 Å². The van der Waals surface area contributed by atoms with E-state index in [9.17, 15) is 9.90 Å². The van der Waals surface area contributed by atoms with Gasteiger partial charge in [0.2, 0.25) is 0 Å². The molecule has 90 valence electrons. The van der Waals surface area contributed by atoms with Crippen molar-refractivity contribution in [3.8, 4) is 0 Å². The largest absolute Gasteiger partial charge is 0.477 e. The number of para-hydroxylation sites is 1. The molecule has 3 nitrogen and oxygen atoms in total. The number of aromatic nitrogens is 1. The summed E-state index contributed by atoms with van der Waals surface area (Å²) in [6.07, 6.45) is 0. The van der Waals surface area contributed by atoms with E-state index >= 15 is 0 Å². The minimum atomic E-state index is -0.855. The minimum absolute atomic E-state index is 0.201. The van der Waals surface area contributed by atoms with Crippen molar-refractivity contribution < 1.29 is 9.90 Å². The molecule has 0 spiro atoms. The van der Waals surface area contributed by atoms with E-state index in [0.717, 1.165) is 22.0 Å². The third-order valence-electron chi connectivity index (χ3n) is 3.23. The fraction of sp³-hybridized carbons (Fsp3) is 0.357. The molecule has 0 aliphatic heterocycles. The lowest BCUT2D eigenvalue weighted by atomic mass is 9.98. The van der Waals surface area contributed by atoms with Gasteiger partial charge in [-0.3, -0.25) is 0 Å². The summed E-state index contributed by atoms with van der Waals surface area (Å²) in [5.41, 5.74) is 3.47. The van der Waals surface area contributed by atoms with Gasteiger partial charge in [-0.1, -0.05) is 32.0 Å². The van der Waals surface area contributed by atoms with Crippen LogP contribution in [0.5, 0.6) is 0 Å². The molecule has 1 N–H and O–H groups in total. The maximum absolute atomic E-state index is 11.4. The molecule has 1 aromatic heterocycles. The summed E-state index contributed by atoms with van der Waals surface area (Å²) in [7, 11) is 1.82. The maximum atomic E-state index is 11.4. The van der Waals surface area contributed by atoms with Crippen molar-refractivity contribution in [1.29, 1.82) is 0 Å². The average molecular weight is 231 g/mol. The zero-order valence-electron chi connectivity index (χ0n) is 10.6. The fourth-order valence-electron chi connectivity index (χ4n) is 2.58. The van der Waals surface area contributed by atoms with Crippen LogP contribution in [0, 0.1) is 6.92 Å². The molecule has 0 radical (unpaired) electrons. The highest BCUT2D eigenvalue weighted by Gasteiger charge is 2.22. The number of hydrogen-bond donors (Lipinski definition) is 1. The maximum Gasteiger partial charge on any atom is 0.352 e. The second-order valence-electron chi connectivity index (χ2n) is 4.75. The highest BCUT2D eigenvalue weighted by atomic mass is 16.4. The Bertz CT molecular complexity index is 594. The van der Waals surface area contributed by atoms with Gasteiger partial charge in [0.15, 0.2) is 0 Å². The quantitative estimate of drug-likeness (QED) is 0.861. The third-order valence-corrected chi connectivity index (χ3v) is 3.23. The molecule has 0 atom stereocenters. The summed E-state index contributed by atoms with van der Waals surface area (Å²) in [6, 6.07) is 6.00. The molecule has 0 aliphatic rings. The Morgan fingerprint density at radius 3 is 2.53 bits per heavy atom. The highest BCUT2D eigenvalue weighted by Crippen LogP contribution is 2.32. The van der Waals surface area contributed by atoms with Crippen molar-refractivity contribution in [1.82, 2.24) is 4.57 Å². The van der Waals surface area contributed by atoms with Gasteiger partial charge in [0.25, 0.3) is 0 Å². The van der Waals surface area contributed by atoms with Crippen LogP contribution < -0.4 is 0 Å². The topological polar surface area (TPSA) is 42.2 Å². The van der Waals surface area contributed by atoms with E-state index < -0.39 is 5.97 Å². The van der Waals surface area contributed by atoms with Crippen molar-refractivity contribution in [3.05, 3.63) is 35.0 Å². The lowest BCUT2D eigenvalue weighted by molar-refractivity contribution is 0.0685. The van der Waals surface area contributed by atoms with Crippen LogP contribution in [0.3, 0.4) is 0 Å².